The fourth-order valence-corrected chi connectivity index (χ4v) is 1.12. The zero-order valence-electron chi connectivity index (χ0n) is 9.17. The lowest BCUT2D eigenvalue weighted by Crippen LogP contribution is -2.06. The van der Waals surface area contributed by atoms with Gasteiger partial charge < -0.3 is 19.7 Å². The van der Waals surface area contributed by atoms with Crippen molar-refractivity contribution < 1.29 is 29.3 Å². The molecule has 0 aliphatic carbocycles. The first kappa shape index (κ1) is 13.0. The van der Waals surface area contributed by atoms with Crippen LogP contribution in [0.3, 0.4) is 0 Å². The molecule has 0 saturated heterocycles. The summed E-state index contributed by atoms with van der Waals surface area (Å²) in [6.07, 6.45) is 0. The van der Waals surface area contributed by atoms with Crippen molar-refractivity contribution >= 4 is 11.9 Å². The van der Waals surface area contributed by atoms with Gasteiger partial charge in [0.05, 0.1) is 11.1 Å². The lowest BCUT2D eigenvalue weighted by atomic mass is 10.1. The molecule has 0 bridgehead atoms. The molecule has 0 amide bonds. The molecule has 0 spiro atoms. The van der Waals surface area contributed by atoms with E-state index in [0.29, 0.717) is 6.61 Å². The minimum absolute atomic E-state index is 0.0569. The minimum Gasteiger partial charge on any atom is -0.478 e. The van der Waals surface area contributed by atoms with Gasteiger partial charge >= 0.3 is 11.9 Å². The summed E-state index contributed by atoms with van der Waals surface area (Å²) in [4.78, 5) is 21.6. The van der Waals surface area contributed by atoms with Gasteiger partial charge in [-0.15, -0.1) is 0 Å². The molecule has 0 aromatic heterocycles. The highest BCUT2D eigenvalue weighted by molar-refractivity contribution is 5.94. The molecule has 2 N–H and O–H groups in total. The van der Waals surface area contributed by atoms with Gasteiger partial charge in [-0.1, -0.05) is 0 Å². The Bertz CT molecular complexity index is 394. The molecular formula is C11H12O6. The normalized spacial score (nSPS) is 9.94. The van der Waals surface area contributed by atoms with Crippen LogP contribution in [0.4, 0.5) is 0 Å². The van der Waals surface area contributed by atoms with Gasteiger partial charge in [0, 0.05) is 6.61 Å². The van der Waals surface area contributed by atoms with Crippen LogP contribution in [0.5, 0.6) is 5.75 Å². The Morgan fingerprint density at radius 2 is 1.65 bits per heavy atom. The topological polar surface area (TPSA) is 93.1 Å². The Morgan fingerprint density at radius 3 is 2.06 bits per heavy atom. The van der Waals surface area contributed by atoms with E-state index in [1.54, 1.807) is 6.92 Å². The molecular weight excluding hydrogens is 228 g/mol. The first-order valence-electron chi connectivity index (χ1n) is 4.86. The predicted molar refractivity (Wildman–Crippen MR) is 57.5 cm³/mol. The smallest absolute Gasteiger partial charge is 0.335 e. The quantitative estimate of drug-likeness (QED) is 0.577. The Kier molecular flexibility index (Phi) is 4.47. The zero-order valence-corrected chi connectivity index (χ0v) is 9.17. The summed E-state index contributed by atoms with van der Waals surface area (Å²) in [5, 5.41) is 17.6. The summed E-state index contributed by atoms with van der Waals surface area (Å²) in [6.45, 7) is 2.17. The summed E-state index contributed by atoms with van der Waals surface area (Å²) < 4.78 is 10.0. The lowest BCUT2D eigenvalue weighted by molar-refractivity contribution is 0.0221. The lowest BCUT2D eigenvalue weighted by Gasteiger charge is -2.07. The van der Waals surface area contributed by atoms with E-state index in [9.17, 15) is 9.59 Å². The van der Waals surface area contributed by atoms with Crippen molar-refractivity contribution in [2.24, 2.45) is 0 Å². The van der Waals surface area contributed by atoms with Crippen molar-refractivity contribution in [3.8, 4) is 5.75 Å². The van der Waals surface area contributed by atoms with Crippen LogP contribution in [0.25, 0.3) is 0 Å². The minimum atomic E-state index is -1.21. The fourth-order valence-electron chi connectivity index (χ4n) is 1.12. The number of carbonyl (C=O) groups is 2. The van der Waals surface area contributed by atoms with Gasteiger partial charge in [0.15, 0.2) is 6.79 Å². The van der Waals surface area contributed by atoms with Crippen molar-refractivity contribution in [3.63, 3.8) is 0 Å². The Hall–Kier alpha value is -2.08. The van der Waals surface area contributed by atoms with Crippen LogP contribution in [-0.4, -0.2) is 35.6 Å². The molecule has 0 atom stereocenters. The van der Waals surface area contributed by atoms with Gasteiger partial charge in [-0.3, -0.25) is 0 Å². The number of aromatic carboxylic acids is 2. The highest BCUT2D eigenvalue weighted by Crippen LogP contribution is 2.17. The van der Waals surface area contributed by atoms with Gasteiger partial charge in [-0.05, 0) is 25.1 Å². The number of hydrogen-bond acceptors (Lipinski definition) is 4. The van der Waals surface area contributed by atoms with Crippen LogP contribution in [-0.2, 0) is 4.74 Å². The summed E-state index contributed by atoms with van der Waals surface area (Å²) in [5.74, 6) is -2.28. The van der Waals surface area contributed by atoms with Crippen molar-refractivity contribution in [2.75, 3.05) is 13.4 Å². The van der Waals surface area contributed by atoms with E-state index in [1.807, 2.05) is 0 Å². The highest BCUT2D eigenvalue weighted by Gasteiger charge is 2.11. The number of rotatable bonds is 6. The van der Waals surface area contributed by atoms with Crippen molar-refractivity contribution in [3.05, 3.63) is 29.3 Å². The van der Waals surface area contributed by atoms with Gasteiger partial charge in [-0.2, -0.15) is 0 Å². The molecule has 0 unspecified atom stereocenters. The summed E-state index contributed by atoms with van der Waals surface area (Å²) in [5.41, 5.74) is -0.284. The molecule has 17 heavy (non-hydrogen) atoms. The molecule has 6 heteroatoms. The van der Waals surface area contributed by atoms with Crippen LogP contribution < -0.4 is 4.74 Å². The number of benzene rings is 1. The molecule has 1 aromatic carbocycles. The van der Waals surface area contributed by atoms with E-state index in [-0.39, 0.29) is 23.7 Å². The Morgan fingerprint density at radius 1 is 1.12 bits per heavy atom. The van der Waals surface area contributed by atoms with Crippen molar-refractivity contribution in [1.82, 2.24) is 0 Å². The highest BCUT2D eigenvalue weighted by atomic mass is 16.7. The predicted octanol–water partition coefficient (Wildman–Crippen LogP) is 1.46. The van der Waals surface area contributed by atoms with Gasteiger partial charge in [0.25, 0.3) is 0 Å². The summed E-state index contributed by atoms with van der Waals surface area (Å²) in [6, 6.07) is 3.56. The second kappa shape index (κ2) is 5.86. The second-order valence-electron chi connectivity index (χ2n) is 3.11. The van der Waals surface area contributed by atoms with Crippen molar-refractivity contribution in [1.29, 1.82) is 0 Å². The van der Waals surface area contributed by atoms with E-state index in [1.165, 1.54) is 12.1 Å². The molecule has 0 radical (unpaired) electrons. The molecule has 0 heterocycles. The summed E-state index contributed by atoms with van der Waals surface area (Å²) >= 11 is 0. The average Bonchev–Trinajstić information content (AvgIpc) is 2.29. The second-order valence-corrected chi connectivity index (χ2v) is 3.11. The first-order valence-corrected chi connectivity index (χ1v) is 4.86. The zero-order chi connectivity index (χ0) is 12.8. The standard InChI is InChI=1S/C11H12O6/c1-2-16-6-17-9-4-7(10(12)13)3-8(5-9)11(14)15/h3-5H,2,6H2,1H3,(H,12,13)(H,14,15). The SMILES string of the molecule is CCOCOc1cc(C(=O)O)cc(C(=O)O)c1. The molecule has 92 valence electrons. The van der Waals surface area contributed by atoms with Crippen LogP contribution >= 0.6 is 0 Å². The van der Waals surface area contributed by atoms with E-state index in [0.717, 1.165) is 6.07 Å². The van der Waals surface area contributed by atoms with E-state index in [4.69, 9.17) is 19.7 Å². The Balaban J connectivity index is 2.95. The maximum atomic E-state index is 10.8. The van der Waals surface area contributed by atoms with E-state index in [2.05, 4.69) is 0 Å². The molecule has 0 aliphatic rings. The average molecular weight is 240 g/mol. The van der Waals surface area contributed by atoms with Crippen LogP contribution in [0.2, 0.25) is 0 Å². The number of carboxylic acids is 2. The van der Waals surface area contributed by atoms with Crippen LogP contribution in [0.1, 0.15) is 27.6 Å². The maximum absolute atomic E-state index is 10.8. The largest absolute Gasteiger partial charge is 0.478 e. The molecule has 0 saturated carbocycles. The molecule has 0 fully saturated rings. The third-order valence-electron chi connectivity index (χ3n) is 1.91. The first-order chi connectivity index (χ1) is 8.04. The maximum Gasteiger partial charge on any atom is 0.335 e. The summed E-state index contributed by atoms with van der Waals surface area (Å²) in [7, 11) is 0. The van der Waals surface area contributed by atoms with Gasteiger partial charge in [0.1, 0.15) is 5.75 Å². The third-order valence-corrected chi connectivity index (χ3v) is 1.91. The van der Waals surface area contributed by atoms with E-state index >= 15 is 0 Å². The van der Waals surface area contributed by atoms with Crippen LogP contribution in [0.15, 0.2) is 18.2 Å². The third kappa shape index (κ3) is 3.76. The number of ether oxygens (including phenoxy) is 2. The van der Waals surface area contributed by atoms with E-state index < -0.39 is 11.9 Å². The number of hydrogen-bond donors (Lipinski definition) is 2. The molecule has 6 nitrogen and oxygen atoms in total. The van der Waals surface area contributed by atoms with Crippen LogP contribution in [0, 0.1) is 0 Å². The van der Waals surface area contributed by atoms with Crippen molar-refractivity contribution in [2.45, 2.75) is 6.92 Å². The monoisotopic (exact) mass is 240 g/mol. The number of carboxylic acid groups (broad SMARTS) is 2. The van der Waals surface area contributed by atoms with Gasteiger partial charge in [0.2, 0.25) is 0 Å². The Labute approximate surface area is 97.4 Å². The molecule has 1 aromatic rings. The molecule has 0 aliphatic heterocycles. The fraction of sp³-hybridized carbons (Fsp3) is 0.273. The molecule has 1 rings (SSSR count). The van der Waals surface area contributed by atoms with Gasteiger partial charge in [-0.25, -0.2) is 9.59 Å².